The number of hydrogen-bond acceptors (Lipinski definition) is 7. The molecule has 0 bridgehead atoms. The molecule has 2 aromatic rings. The zero-order valence-corrected chi connectivity index (χ0v) is 15.6. The van der Waals surface area contributed by atoms with Crippen LogP contribution in [-0.2, 0) is 6.42 Å². The van der Waals surface area contributed by atoms with Crippen LogP contribution in [0.3, 0.4) is 0 Å². The van der Waals surface area contributed by atoms with Crippen LogP contribution in [0.25, 0.3) is 11.3 Å². The third-order valence-corrected chi connectivity index (χ3v) is 5.25. The monoisotopic (exact) mass is 353 g/mol. The number of piperidine rings is 1. The molecule has 2 aliphatic rings. The minimum Gasteiger partial charge on any atom is -0.357 e. The normalized spacial score (nSPS) is 18.7. The van der Waals surface area contributed by atoms with Gasteiger partial charge in [-0.3, -0.25) is 0 Å². The summed E-state index contributed by atoms with van der Waals surface area (Å²) in [7, 11) is 4.02. The van der Waals surface area contributed by atoms with Crippen LogP contribution in [0.5, 0.6) is 0 Å². The fraction of sp³-hybridized carbons (Fsp3) is 0.579. The van der Waals surface area contributed by atoms with E-state index in [0.717, 1.165) is 55.2 Å². The van der Waals surface area contributed by atoms with Crippen molar-refractivity contribution >= 4 is 11.9 Å². The lowest BCUT2D eigenvalue weighted by Crippen LogP contribution is -2.37. The van der Waals surface area contributed by atoms with Crippen molar-refractivity contribution in [3.63, 3.8) is 0 Å². The van der Waals surface area contributed by atoms with Gasteiger partial charge in [-0.05, 0) is 64.2 Å². The first-order valence-electron chi connectivity index (χ1n) is 9.53. The van der Waals surface area contributed by atoms with Crippen molar-refractivity contribution < 1.29 is 0 Å². The maximum absolute atomic E-state index is 4.76. The van der Waals surface area contributed by atoms with Crippen LogP contribution >= 0.6 is 0 Å². The predicted octanol–water partition coefficient (Wildman–Crippen LogP) is 2.43. The second kappa shape index (κ2) is 7.53. The number of hydrogen-bond donors (Lipinski definition) is 2. The van der Waals surface area contributed by atoms with Gasteiger partial charge in [-0.1, -0.05) is 0 Å². The highest BCUT2D eigenvalue weighted by atomic mass is 15.2. The van der Waals surface area contributed by atoms with E-state index in [1.165, 1.54) is 12.8 Å². The molecule has 2 fully saturated rings. The molecule has 0 aromatic carbocycles. The van der Waals surface area contributed by atoms with Gasteiger partial charge < -0.3 is 15.5 Å². The van der Waals surface area contributed by atoms with Gasteiger partial charge in [0.15, 0.2) is 0 Å². The first-order chi connectivity index (χ1) is 12.7. The fourth-order valence-electron chi connectivity index (χ4n) is 3.42. The Balaban J connectivity index is 1.55. The first kappa shape index (κ1) is 17.1. The Kier molecular flexibility index (Phi) is 4.97. The molecule has 1 aliphatic carbocycles. The molecule has 4 rings (SSSR count). The Bertz CT molecular complexity index is 751. The molecule has 0 amide bonds. The zero-order chi connectivity index (χ0) is 17.9. The summed E-state index contributed by atoms with van der Waals surface area (Å²) in [5.74, 6) is 2.13. The highest BCUT2D eigenvalue weighted by Gasteiger charge is 2.25. The molecule has 0 unspecified atom stereocenters. The van der Waals surface area contributed by atoms with Crippen molar-refractivity contribution in [2.75, 3.05) is 37.8 Å². The van der Waals surface area contributed by atoms with Gasteiger partial charge in [0.25, 0.3) is 0 Å². The molecule has 2 aromatic heterocycles. The second-order valence-corrected chi connectivity index (χ2v) is 7.44. The lowest BCUT2D eigenvalue weighted by molar-refractivity contribution is 0.263. The average molecular weight is 353 g/mol. The third-order valence-electron chi connectivity index (χ3n) is 5.25. The van der Waals surface area contributed by atoms with Crippen molar-refractivity contribution in [1.82, 2.24) is 24.8 Å². The fourth-order valence-corrected chi connectivity index (χ4v) is 3.42. The highest BCUT2D eigenvalue weighted by molar-refractivity contribution is 5.63. The van der Waals surface area contributed by atoms with Gasteiger partial charge in [-0.25, -0.2) is 19.9 Å². The van der Waals surface area contributed by atoms with Crippen molar-refractivity contribution in [3.8, 4) is 11.3 Å². The van der Waals surface area contributed by atoms with E-state index in [1.807, 2.05) is 25.5 Å². The molecular formula is C19H27N7. The van der Waals surface area contributed by atoms with Crippen LogP contribution in [0.4, 0.5) is 11.9 Å². The molecule has 1 aliphatic heterocycles. The molecule has 2 N–H and O–H groups in total. The van der Waals surface area contributed by atoms with Gasteiger partial charge in [-0.15, -0.1) is 0 Å². The van der Waals surface area contributed by atoms with Gasteiger partial charge in [0.05, 0.1) is 11.4 Å². The van der Waals surface area contributed by atoms with E-state index in [1.54, 1.807) is 0 Å². The van der Waals surface area contributed by atoms with Crippen molar-refractivity contribution in [2.45, 2.75) is 38.1 Å². The van der Waals surface area contributed by atoms with E-state index in [0.29, 0.717) is 17.9 Å². The molecule has 7 heteroatoms. The first-order valence-corrected chi connectivity index (χ1v) is 9.53. The van der Waals surface area contributed by atoms with Crippen LogP contribution in [-0.4, -0.2) is 58.1 Å². The van der Waals surface area contributed by atoms with Crippen molar-refractivity contribution in [1.29, 1.82) is 0 Å². The van der Waals surface area contributed by atoms with Crippen molar-refractivity contribution in [3.05, 3.63) is 24.2 Å². The maximum atomic E-state index is 4.76. The SMILES string of the molecule is CNc1ncc(-c2ccnc(NC3CCN(C)CC3)n2)c(CC2CC2)n1. The Morgan fingerprint density at radius 3 is 2.62 bits per heavy atom. The molecule has 138 valence electrons. The third kappa shape index (κ3) is 4.09. The topological polar surface area (TPSA) is 78.9 Å². The smallest absolute Gasteiger partial charge is 0.223 e. The summed E-state index contributed by atoms with van der Waals surface area (Å²) >= 11 is 0. The Morgan fingerprint density at radius 2 is 1.88 bits per heavy atom. The van der Waals surface area contributed by atoms with E-state index < -0.39 is 0 Å². The summed E-state index contributed by atoms with van der Waals surface area (Å²) < 4.78 is 0. The lowest BCUT2D eigenvalue weighted by Gasteiger charge is -2.29. The van der Waals surface area contributed by atoms with Crippen LogP contribution in [0.2, 0.25) is 0 Å². The maximum Gasteiger partial charge on any atom is 0.223 e. The standard InChI is InChI=1S/C19H27N7/c1-20-18-22-12-15(17(25-18)11-13-3-4-13)16-5-8-21-19(24-16)23-14-6-9-26(2)10-7-14/h5,8,12-14H,3-4,6-7,9-11H2,1-2H3,(H,20,22,25)(H,21,23,24). The van der Waals surface area contributed by atoms with Gasteiger partial charge in [-0.2, -0.15) is 0 Å². The van der Waals surface area contributed by atoms with Gasteiger partial charge >= 0.3 is 0 Å². The number of nitrogens with zero attached hydrogens (tertiary/aromatic N) is 5. The second-order valence-electron chi connectivity index (χ2n) is 7.44. The summed E-state index contributed by atoms with van der Waals surface area (Å²) in [5, 5.41) is 6.54. The number of anilines is 2. The Labute approximate surface area is 154 Å². The quantitative estimate of drug-likeness (QED) is 0.826. The van der Waals surface area contributed by atoms with Gasteiger partial charge in [0, 0.05) is 31.0 Å². The van der Waals surface area contributed by atoms with E-state index in [4.69, 9.17) is 9.97 Å². The van der Waals surface area contributed by atoms with Crippen LogP contribution in [0.1, 0.15) is 31.4 Å². The predicted molar refractivity (Wildman–Crippen MR) is 103 cm³/mol. The van der Waals surface area contributed by atoms with Crippen molar-refractivity contribution in [2.24, 2.45) is 5.92 Å². The molecule has 26 heavy (non-hydrogen) atoms. The summed E-state index contributed by atoms with van der Waals surface area (Å²) in [5.41, 5.74) is 2.99. The molecule has 3 heterocycles. The number of likely N-dealkylation sites (tertiary alicyclic amines) is 1. The van der Waals surface area contributed by atoms with Gasteiger partial charge in [0.1, 0.15) is 0 Å². The Hall–Kier alpha value is -2.28. The molecule has 1 saturated carbocycles. The minimum atomic E-state index is 0.440. The largest absolute Gasteiger partial charge is 0.357 e. The summed E-state index contributed by atoms with van der Waals surface area (Å²) in [6, 6.07) is 2.39. The van der Waals surface area contributed by atoms with E-state index in [2.05, 4.69) is 32.5 Å². The Morgan fingerprint density at radius 1 is 1.08 bits per heavy atom. The lowest BCUT2D eigenvalue weighted by atomic mass is 10.1. The summed E-state index contributed by atoms with van der Waals surface area (Å²) in [6.07, 6.45) is 9.54. The molecule has 0 atom stereocenters. The minimum absolute atomic E-state index is 0.440. The molecule has 0 spiro atoms. The highest BCUT2D eigenvalue weighted by Crippen LogP contribution is 2.35. The summed E-state index contributed by atoms with van der Waals surface area (Å²) in [4.78, 5) is 20.7. The number of rotatable bonds is 6. The number of nitrogens with one attached hydrogen (secondary N) is 2. The number of aromatic nitrogens is 4. The average Bonchev–Trinajstić information content (AvgIpc) is 3.48. The molecular weight excluding hydrogens is 326 g/mol. The van der Waals surface area contributed by atoms with E-state index in [9.17, 15) is 0 Å². The van der Waals surface area contributed by atoms with E-state index in [-0.39, 0.29) is 0 Å². The van der Waals surface area contributed by atoms with Crippen LogP contribution in [0.15, 0.2) is 18.5 Å². The molecule has 0 radical (unpaired) electrons. The van der Waals surface area contributed by atoms with Crippen LogP contribution in [0, 0.1) is 5.92 Å². The van der Waals surface area contributed by atoms with Crippen LogP contribution < -0.4 is 10.6 Å². The van der Waals surface area contributed by atoms with Gasteiger partial charge in [0.2, 0.25) is 11.9 Å². The summed E-state index contributed by atoms with van der Waals surface area (Å²) in [6.45, 7) is 2.23. The molecule has 1 saturated heterocycles. The molecule has 7 nitrogen and oxygen atoms in total. The zero-order valence-electron chi connectivity index (χ0n) is 15.6. The van der Waals surface area contributed by atoms with E-state index >= 15 is 0 Å².